The van der Waals surface area contributed by atoms with Crippen LogP contribution in [0.4, 0.5) is 0 Å². The van der Waals surface area contributed by atoms with Crippen molar-refractivity contribution in [2.24, 2.45) is 5.73 Å². The lowest BCUT2D eigenvalue weighted by Crippen LogP contribution is -2.27. The molecule has 0 aromatic carbocycles. The van der Waals surface area contributed by atoms with E-state index >= 15 is 0 Å². The minimum Gasteiger partial charge on any atom is -0.385 e. The predicted octanol–water partition coefficient (Wildman–Crippen LogP) is 0.509. The van der Waals surface area contributed by atoms with Crippen LogP contribution in [0.15, 0.2) is 0 Å². The van der Waals surface area contributed by atoms with Crippen LogP contribution >= 0.6 is 0 Å². The molecule has 0 aliphatic heterocycles. The van der Waals surface area contributed by atoms with E-state index in [-0.39, 0.29) is 6.04 Å². The molecular formula is C8H19NO2S. The molecule has 0 heterocycles. The Labute approximate surface area is 77.1 Å². The molecule has 0 aliphatic rings. The van der Waals surface area contributed by atoms with Crippen molar-refractivity contribution >= 4 is 10.8 Å². The van der Waals surface area contributed by atoms with Gasteiger partial charge in [-0.25, -0.2) is 0 Å². The summed E-state index contributed by atoms with van der Waals surface area (Å²) in [6.07, 6.45) is 1.76. The summed E-state index contributed by atoms with van der Waals surface area (Å²) < 4.78 is 16.1. The molecule has 2 N–H and O–H groups in total. The van der Waals surface area contributed by atoms with Gasteiger partial charge in [-0.2, -0.15) is 0 Å². The average molecular weight is 193 g/mol. The van der Waals surface area contributed by atoms with Crippen LogP contribution in [0.25, 0.3) is 0 Å². The maximum atomic E-state index is 11.3. The summed E-state index contributed by atoms with van der Waals surface area (Å²) in [7, 11) is 0.897. The van der Waals surface area contributed by atoms with E-state index in [0.29, 0.717) is 18.1 Å². The van der Waals surface area contributed by atoms with Gasteiger partial charge in [-0.15, -0.1) is 0 Å². The van der Waals surface area contributed by atoms with Crippen LogP contribution in [0.3, 0.4) is 0 Å². The van der Waals surface area contributed by atoms with Gasteiger partial charge in [-0.3, -0.25) is 4.21 Å². The Bertz CT molecular complexity index is 130. The summed E-state index contributed by atoms with van der Waals surface area (Å²) in [5, 5.41) is 0. The maximum Gasteiger partial charge on any atom is 0.0471 e. The predicted molar refractivity (Wildman–Crippen MR) is 52.6 cm³/mol. The molecule has 3 nitrogen and oxygen atoms in total. The maximum absolute atomic E-state index is 11.3. The van der Waals surface area contributed by atoms with Crippen molar-refractivity contribution in [3.05, 3.63) is 0 Å². The van der Waals surface area contributed by atoms with Gasteiger partial charge in [0.2, 0.25) is 0 Å². The molecule has 2 atom stereocenters. The zero-order valence-electron chi connectivity index (χ0n) is 7.91. The lowest BCUT2D eigenvalue weighted by molar-refractivity contribution is 0.200. The van der Waals surface area contributed by atoms with Gasteiger partial charge >= 0.3 is 0 Å². The molecule has 0 radical (unpaired) electrons. The van der Waals surface area contributed by atoms with E-state index < -0.39 is 10.8 Å². The van der Waals surface area contributed by atoms with Crippen molar-refractivity contribution < 1.29 is 8.95 Å². The molecule has 0 rings (SSSR count). The van der Waals surface area contributed by atoms with Gasteiger partial charge in [0.05, 0.1) is 0 Å². The highest BCUT2D eigenvalue weighted by Crippen LogP contribution is 1.94. The van der Waals surface area contributed by atoms with E-state index in [1.807, 2.05) is 6.92 Å². The summed E-state index contributed by atoms with van der Waals surface area (Å²) in [6.45, 7) is 2.70. The number of methoxy groups -OCH3 is 1. The van der Waals surface area contributed by atoms with Crippen molar-refractivity contribution in [2.75, 3.05) is 25.2 Å². The van der Waals surface area contributed by atoms with Gasteiger partial charge in [0.15, 0.2) is 0 Å². The van der Waals surface area contributed by atoms with Gasteiger partial charge in [0.1, 0.15) is 0 Å². The van der Waals surface area contributed by atoms with E-state index in [1.54, 1.807) is 7.11 Å². The minimum atomic E-state index is -0.756. The molecular weight excluding hydrogens is 174 g/mol. The Morgan fingerprint density at radius 3 is 2.75 bits per heavy atom. The van der Waals surface area contributed by atoms with Crippen molar-refractivity contribution in [3.63, 3.8) is 0 Å². The van der Waals surface area contributed by atoms with Gasteiger partial charge < -0.3 is 10.5 Å². The number of hydrogen-bond acceptors (Lipinski definition) is 3. The topological polar surface area (TPSA) is 52.3 Å². The summed E-state index contributed by atoms with van der Waals surface area (Å²) in [4.78, 5) is 0. The third-order valence-electron chi connectivity index (χ3n) is 1.64. The third-order valence-corrected chi connectivity index (χ3v) is 3.19. The van der Waals surface area contributed by atoms with Crippen LogP contribution in [-0.4, -0.2) is 35.5 Å². The van der Waals surface area contributed by atoms with Crippen molar-refractivity contribution in [1.29, 1.82) is 0 Å². The number of rotatable bonds is 7. The third kappa shape index (κ3) is 6.76. The second-order valence-electron chi connectivity index (χ2n) is 2.83. The highest BCUT2D eigenvalue weighted by molar-refractivity contribution is 7.85. The highest BCUT2D eigenvalue weighted by Gasteiger charge is 2.05. The lowest BCUT2D eigenvalue weighted by atomic mass is 10.3. The van der Waals surface area contributed by atoms with Crippen LogP contribution in [0.5, 0.6) is 0 Å². The first-order valence-electron chi connectivity index (χ1n) is 4.30. The van der Waals surface area contributed by atoms with Crippen LogP contribution < -0.4 is 5.73 Å². The zero-order valence-corrected chi connectivity index (χ0v) is 8.73. The first-order valence-corrected chi connectivity index (χ1v) is 5.79. The van der Waals surface area contributed by atoms with Gasteiger partial charge in [0.25, 0.3) is 0 Å². The Kier molecular flexibility index (Phi) is 7.75. The van der Waals surface area contributed by atoms with Crippen LogP contribution in [0, 0.1) is 0 Å². The Morgan fingerprint density at radius 2 is 2.25 bits per heavy atom. The van der Waals surface area contributed by atoms with Gasteiger partial charge in [0, 0.05) is 42.1 Å². The van der Waals surface area contributed by atoms with Gasteiger partial charge in [-0.05, 0) is 12.8 Å². The Balaban J connectivity index is 3.33. The molecule has 2 unspecified atom stereocenters. The molecule has 0 amide bonds. The molecule has 0 aromatic heterocycles. The second-order valence-corrected chi connectivity index (χ2v) is 4.45. The molecule has 12 heavy (non-hydrogen) atoms. The van der Waals surface area contributed by atoms with Gasteiger partial charge in [-0.1, -0.05) is 6.92 Å². The fourth-order valence-corrected chi connectivity index (χ4v) is 2.12. The fraction of sp³-hybridized carbons (Fsp3) is 1.00. The van der Waals surface area contributed by atoms with Crippen LogP contribution in [0.1, 0.15) is 19.8 Å². The van der Waals surface area contributed by atoms with Crippen LogP contribution in [0.2, 0.25) is 0 Å². The molecule has 0 saturated heterocycles. The van der Waals surface area contributed by atoms with E-state index in [1.165, 1.54) is 0 Å². The monoisotopic (exact) mass is 193 g/mol. The summed E-state index contributed by atoms with van der Waals surface area (Å²) in [5.41, 5.74) is 5.65. The molecule has 0 aliphatic carbocycles. The summed E-state index contributed by atoms with van der Waals surface area (Å²) in [5.74, 6) is 1.34. The molecule has 74 valence electrons. The number of nitrogens with two attached hydrogens (primary N) is 1. The number of ether oxygens (including phenoxy) is 1. The smallest absolute Gasteiger partial charge is 0.0471 e. The van der Waals surface area contributed by atoms with Crippen LogP contribution in [-0.2, 0) is 15.5 Å². The molecule has 0 fully saturated rings. The largest absolute Gasteiger partial charge is 0.385 e. The molecule has 0 spiro atoms. The fourth-order valence-electron chi connectivity index (χ4n) is 0.804. The summed E-state index contributed by atoms with van der Waals surface area (Å²) >= 11 is 0. The average Bonchev–Trinajstić information content (AvgIpc) is 2.05. The standard InChI is InChI=1S/C8H19NO2S/c1-3-8(9)7-12(10)6-4-5-11-2/h8H,3-7,9H2,1-2H3. The van der Waals surface area contributed by atoms with E-state index in [0.717, 1.165) is 12.8 Å². The molecule has 0 aromatic rings. The van der Waals surface area contributed by atoms with Crippen molar-refractivity contribution in [2.45, 2.75) is 25.8 Å². The van der Waals surface area contributed by atoms with Crippen molar-refractivity contribution in [1.82, 2.24) is 0 Å². The zero-order chi connectivity index (χ0) is 9.40. The molecule has 0 saturated carbocycles. The first-order chi connectivity index (χ1) is 5.70. The van der Waals surface area contributed by atoms with E-state index in [4.69, 9.17) is 10.5 Å². The lowest BCUT2D eigenvalue weighted by Gasteiger charge is -2.07. The normalized spacial score (nSPS) is 15.9. The Hall–Kier alpha value is 0.0700. The van der Waals surface area contributed by atoms with E-state index in [2.05, 4.69) is 0 Å². The van der Waals surface area contributed by atoms with E-state index in [9.17, 15) is 4.21 Å². The summed E-state index contributed by atoms with van der Waals surface area (Å²) in [6, 6.07) is 0.0911. The second kappa shape index (κ2) is 7.71. The Morgan fingerprint density at radius 1 is 1.58 bits per heavy atom. The van der Waals surface area contributed by atoms with Crippen molar-refractivity contribution in [3.8, 4) is 0 Å². The SMILES string of the molecule is CCC(N)CS(=O)CCCOC. The molecule has 4 heteroatoms. The minimum absolute atomic E-state index is 0.0911. The number of hydrogen-bond donors (Lipinski definition) is 1. The highest BCUT2D eigenvalue weighted by atomic mass is 32.2. The molecule has 0 bridgehead atoms. The first kappa shape index (κ1) is 12.1. The quantitative estimate of drug-likeness (QED) is 0.599.